The van der Waals surface area contributed by atoms with Crippen LogP contribution in [-0.2, 0) is 9.53 Å². The average molecular weight is 175 g/mol. The molecule has 0 rings (SSSR count). The molecular formula is C7H13NO4. The molecule has 0 N–H and O–H groups in total. The van der Waals surface area contributed by atoms with Crippen LogP contribution in [0.25, 0.3) is 0 Å². The molecule has 0 aromatic rings. The van der Waals surface area contributed by atoms with E-state index in [-0.39, 0.29) is 6.61 Å². The van der Waals surface area contributed by atoms with E-state index in [0.29, 0.717) is 12.8 Å². The van der Waals surface area contributed by atoms with Gasteiger partial charge in [-0.1, -0.05) is 6.92 Å². The molecule has 0 aromatic heterocycles. The van der Waals surface area contributed by atoms with E-state index < -0.39 is 16.9 Å². The van der Waals surface area contributed by atoms with Gasteiger partial charge < -0.3 is 4.74 Å². The van der Waals surface area contributed by atoms with Crippen LogP contribution < -0.4 is 0 Å². The normalized spacial score (nSPS) is 12.2. The minimum absolute atomic E-state index is 0.115. The highest BCUT2D eigenvalue weighted by Crippen LogP contribution is 2.01. The van der Waals surface area contributed by atoms with E-state index in [9.17, 15) is 14.9 Å². The molecule has 0 fully saturated rings. The number of nitrogens with zero attached hydrogens (tertiary/aromatic N) is 1. The van der Waals surface area contributed by atoms with E-state index in [1.165, 1.54) is 6.92 Å². The molecule has 0 saturated carbocycles. The molecule has 5 heteroatoms. The van der Waals surface area contributed by atoms with Crippen molar-refractivity contribution in [1.82, 2.24) is 0 Å². The molecule has 0 amide bonds. The zero-order valence-corrected chi connectivity index (χ0v) is 7.28. The SMILES string of the molecule is CCC[C@@H](COC(C)=O)[N+](=O)[O-]. The number of hydrogen-bond acceptors (Lipinski definition) is 4. The Balaban J connectivity index is 3.79. The molecule has 12 heavy (non-hydrogen) atoms. The van der Waals surface area contributed by atoms with Crippen LogP contribution in [-0.4, -0.2) is 23.5 Å². The fourth-order valence-corrected chi connectivity index (χ4v) is 0.796. The van der Waals surface area contributed by atoms with Gasteiger partial charge in [0, 0.05) is 18.3 Å². The second-order valence-electron chi connectivity index (χ2n) is 2.53. The largest absolute Gasteiger partial charge is 0.459 e. The van der Waals surface area contributed by atoms with E-state index in [2.05, 4.69) is 4.74 Å². The third-order valence-corrected chi connectivity index (χ3v) is 1.40. The number of nitro groups is 1. The first-order valence-corrected chi connectivity index (χ1v) is 3.84. The van der Waals surface area contributed by atoms with Crippen molar-refractivity contribution in [3.8, 4) is 0 Å². The number of esters is 1. The molecule has 1 atom stereocenters. The highest BCUT2D eigenvalue weighted by atomic mass is 16.6. The first-order chi connectivity index (χ1) is 5.57. The van der Waals surface area contributed by atoms with E-state index in [1.807, 2.05) is 6.92 Å². The van der Waals surface area contributed by atoms with Gasteiger partial charge in [0.2, 0.25) is 6.04 Å². The number of carbonyl (C=O) groups is 1. The zero-order valence-electron chi connectivity index (χ0n) is 7.28. The first-order valence-electron chi connectivity index (χ1n) is 3.84. The molecule has 0 spiro atoms. The maximum atomic E-state index is 10.3. The lowest BCUT2D eigenvalue weighted by Crippen LogP contribution is -2.26. The lowest BCUT2D eigenvalue weighted by molar-refractivity contribution is -0.526. The molecule has 0 bridgehead atoms. The molecule has 5 nitrogen and oxygen atoms in total. The highest BCUT2D eigenvalue weighted by molar-refractivity contribution is 5.65. The van der Waals surface area contributed by atoms with Crippen molar-refractivity contribution in [2.24, 2.45) is 0 Å². The van der Waals surface area contributed by atoms with E-state index >= 15 is 0 Å². The molecule has 0 aliphatic heterocycles. The number of hydrogen-bond donors (Lipinski definition) is 0. The van der Waals surface area contributed by atoms with Crippen molar-refractivity contribution < 1.29 is 14.5 Å². The summed E-state index contributed by atoms with van der Waals surface area (Å²) in [6.07, 6.45) is 1.16. The molecule has 0 saturated heterocycles. The Kier molecular flexibility index (Phi) is 4.99. The third-order valence-electron chi connectivity index (χ3n) is 1.40. The second kappa shape index (κ2) is 5.51. The highest BCUT2D eigenvalue weighted by Gasteiger charge is 2.19. The fourth-order valence-electron chi connectivity index (χ4n) is 0.796. The van der Waals surface area contributed by atoms with Crippen LogP contribution in [0.2, 0.25) is 0 Å². The Labute approximate surface area is 70.9 Å². The van der Waals surface area contributed by atoms with E-state index in [4.69, 9.17) is 0 Å². The summed E-state index contributed by atoms with van der Waals surface area (Å²) in [6, 6.07) is -0.751. The molecule has 0 heterocycles. The summed E-state index contributed by atoms with van der Waals surface area (Å²) in [5.41, 5.74) is 0. The molecular weight excluding hydrogens is 162 g/mol. The molecule has 70 valence electrons. The van der Waals surface area contributed by atoms with E-state index in [1.54, 1.807) is 0 Å². The van der Waals surface area contributed by atoms with Crippen molar-refractivity contribution in [2.75, 3.05) is 6.61 Å². The van der Waals surface area contributed by atoms with Gasteiger partial charge in [-0.25, -0.2) is 0 Å². The number of ether oxygens (including phenoxy) is 1. The summed E-state index contributed by atoms with van der Waals surface area (Å²) in [6.45, 7) is 2.98. The van der Waals surface area contributed by atoms with Crippen LogP contribution in [0, 0.1) is 10.1 Å². The predicted octanol–water partition coefficient (Wildman–Crippen LogP) is 0.995. The molecule has 0 aliphatic rings. The van der Waals surface area contributed by atoms with Gasteiger partial charge >= 0.3 is 5.97 Å². The number of rotatable bonds is 5. The third kappa shape index (κ3) is 4.65. The van der Waals surface area contributed by atoms with Gasteiger partial charge in [-0.15, -0.1) is 0 Å². The molecule has 0 radical (unpaired) electrons. The smallest absolute Gasteiger partial charge is 0.302 e. The quantitative estimate of drug-likeness (QED) is 0.355. The summed E-state index contributed by atoms with van der Waals surface area (Å²) in [4.78, 5) is 20.2. The lowest BCUT2D eigenvalue weighted by atomic mass is 10.2. The Morgan fingerprint density at radius 3 is 2.58 bits per heavy atom. The first kappa shape index (κ1) is 10.9. The van der Waals surface area contributed by atoms with Crippen molar-refractivity contribution in [3.05, 3.63) is 10.1 Å². The maximum absolute atomic E-state index is 10.3. The van der Waals surface area contributed by atoms with Crippen LogP contribution in [0.1, 0.15) is 26.7 Å². The van der Waals surface area contributed by atoms with Crippen LogP contribution >= 0.6 is 0 Å². The molecule has 0 unspecified atom stereocenters. The lowest BCUT2D eigenvalue weighted by Gasteiger charge is -2.07. The van der Waals surface area contributed by atoms with E-state index in [0.717, 1.165) is 0 Å². The maximum Gasteiger partial charge on any atom is 0.302 e. The summed E-state index contributed by atoms with van der Waals surface area (Å²) in [7, 11) is 0. The monoisotopic (exact) mass is 175 g/mol. The van der Waals surface area contributed by atoms with Gasteiger partial charge in [-0.2, -0.15) is 0 Å². The Bertz CT molecular complexity index is 169. The van der Waals surface area contributed by atoms with Crippen molar-refractivity contribution in [3.63, 3.8) is 0 Å². The fraction of sp³-hybridized carbons (Fsp3) is 0.857. The van der Waals surface area contributed by atoms with Crippen molar-refractivity contribution >= 4 is 5.97 Å². The second-order valence-corrected chi connectivity index (χ2v) is 2.53. The zero-order chi connectivity index (χ0) is 9.56. The van der Waals surface area contributed by atoms with Crippen LogP contribution in [0.4, 0.5) is 0 Å². The number of carbonyl (C=O) groups excluding carboxylic acids is 1. The summed E-state index contributed by atoms with van der Waals surface area (Å²) in [5, 5.41) is 10.3. The summed E-state index contributed by atoms with van der Waals surface area (Å²) >= 11 is 0. The van der Waals surface area contributed by atoms with Gasteiger partial charge in [-0.3, -0.25) is 14.9 Å². The minimum Gasteiger partial charge on any atom is -0.459 e. The van der Waals surface area contributed by atoms with Crippen LogP contribution in [0.15, 0.2) is 0 Å². The predicted molar refractivity (Wildman–Crippen MR) is 42.3 cm³/mol. The summed E-state index contributed by atoms with van der Waals surface area (Å²) < 4.78 is 4.54. The van der Waals surface area contributed by atoms with Gasteiger partial charge in [0.15, 0.2) is 6.61 Å². The molecule has 0 aliphatic carbocycles. The van der Waals surface area contributed by atoms with Crippen molar-refractivity contribution in [2.45, 2.75) is 32.7 Å². The van der Waals surface area contributed by atoms with Crippen LogP contribution in [0.5, 0.6) is 0 Å². The standard InChI is InChI=1S/C7H13NO4/c1-3-4-7(8(10)11)5-12-6(2)9/h7H,3-5H2,1-2H3/t7-/m0/s1. The summed E-state index contributed by atoms with van der Waals surface area (Å²) in [5.74, 6) is -0.474. The Morgan fingerprint density at radius 2 is 2.25 bits per heavy atom. The van der Waals surface area contributed by atoms with Gasteiger partial charge in [0.1, 0.15) is 0 Å². The van der Waals surface area contributed by atoms with Gasteiger partial charge in [0.05, 0.1) is 0 Å². The van der Waals surface area contributed by atoms with Gasteiger partial charge in [0.25, 0.3) is 0 Å². The van der Waals surface area contributed by atoms with Crippen molar-refractivity contribution in [1.29, 1.82) is 0 Å². The van der Waals surface area contributed by atoms with Crippen LogP contribution in [0.3, 0.4) is 0 Å². The Hall–Kier alpha value is -1.13. The topological polar surface area (TPSA) is 69.4 Å². The minimum atomic E-state index is -0.751. The average Bonchev–Trinajstić information content (AvgIpc) is 1.96. The Morgan fingerprint density at radius 1 is 1.67 bits per heavy atom. The van der Waals surface area contributed by atoms with Gasteiger partial charge in [-0.05, 0) is 6.42 Å². The molecule has 0 aromatic carbocycles.